The average molecular weight is 282 g/mol. The van der Waals surface area contributed by atoms with Gasteiger partial charge in [0.1, 0.15) is 6.10 Å². The van der Waals surface area contributed by atoms with Crippen molar-refractivity contribution in [3.05, 3.63) is 0 Å². The lowest BCUT2D eigenvalue weighted by Crippen LogP contribution is -2.39. The van der Waals surface area contributed by atoms with Gasteiger partial charge in [-0.15, -0.1) is 0 Å². The lowest BCUT2D eigenvalue weighted by atomic mass is 10.1. The molecule has 3 fully saturated rings. The molecule has 0 spiro atoms. The normalized spacial score (nSPS) is 28.9. The maximum absolute atomic E-state index is 12.1. The number of ether oxygens (including phenoxy) is 2. The molecular formula is C15H26N2O3. The largest absolute Gasteiger partial charge is 0.446 e. The summed E-state index contributed by atoms with van der Waals surface area (Å²) >= 11 is 0. The summed E-state index contributed by atoms with van der Waals surface area (Å²) in [5.74, 6) is 0.787. The summed E-state index contributed by atoms with van der Waals surface area (Å²) in [4.78, 5) is 16.2. The van der Waals surface area contributed by atoms with E-state index in [9.17, 15) is 4.79 Å². The van der Waals surface area contributed by atoms with Gasteiger partial charge in [-0.25, -0.2) is 4.79 Å². The summed E-state index contributed by atoms with van der Waals surface area (Å²) in [6, 6.07) is 0. The van der Waals surface area contributed by atoms with Gasteiger partial charge in [-0.2, -0.15) is 0 Å². The topological polar surface area (TPSA) is 42.0 Å². The molecule has 3 rings (SSSR count). The Morgan fingerprint density at radius 3 is 2.45 bits per heavy atom. The molecule has 1 saturated carbocycles. The average Bonchev–Trinajstić information content (AvgIpc) is 3.15. The molecule has 0 bridgehead atoms. The first-order chi connectivity index (χ1) is 9.70. The highest BCUT2D eigenvalue weighted by Crippen LogP contribution is 2.30. The molecule has 0 unspecified atom stereocenters. The maximum atomic E-state index is 12.1. The Labute approximate surface area is 121 Å². The standard InChI is InChI=1S/C15H26N2O3/c1-16-7-4-13(5-8-16)20-15(18)17-9-6-14(10-17)19-11-12-2-3-12/h12-14H,2-11H2,1H3/t14-/m1/s1. The summed E-state index contributed by atoms with van der Waals surface area (Å²) in [5, 5.41) is 0. The van der Waals surface area contributed by atoms with Gasteiger partial charge >= 0.3 is 6.09 Å². The number of nitrogens with zero attached hydrogens (tertiary/aromatic N) is 2. The molecule has 20 heavy (non-hydrogen) atoms. The van der Waals surface area contributed by atoms with Crippen molar-refractivity contribution in [3.63, 3.8) is 0 Å². The lowest BCUT2D eigenvalue weighted by molar-refractivity contribution is 0.0263. The first-order valence-corrected chi connectivity index (χ1v) is 7.96. The molecule has 0 aromatic carbocycles. The number of piperidine rings is 1. The van der Waals surface area contributed by atoms with Crippen LogP contribution < -0.4 is 0 Å². The number of rotatable bonds is 4. The Morgan fingerprint density at radius 2 is 1.75 bits per heavy atom. The fourth-order valence-corrected chi connectivity index (χ4v) is 2.91. The zero-order valence-electron chi connectivity index (χ0n) is 12.4. The van der Waals surface area contributed by atoms with Crippen LogP contribution in [0.1, 0.15) is 32.1 Å². The van der Waals surface area contributed by atoms with Crippen molar-refractivity contribution < 1.29 is 14.3 Å². The highest BCUT2D eigenvalue weighted by Gasteiger charge is 2.31. The van der Waals surface area contributed by atoms with Crippen molar-refractivity contribution in [3.8, 4) is 0 Å². The van der Waals surface area contributed by atoms with Crippen LogP contribution in [0.2, 0.25) is 0 Å². The molecule has 1 aliphatic carbocycles. The quantitative estimate of drug-likeness (QED) is 0.787. The van der Waals surface area contributed by atoms with Crippen molar-refractivity contribution in [2.75, 3.05) is 39.8 Å². The molecule has 0 aromatic heterocycles. The molecule has 1 amide bonds. The van der Waals surface area contributed by atoms with E-state index < -0.39 is 0 Å². The number of hydrogen-bond donors (Lipinski definition) is 0. The predicted octanol–water partition coefficient (Wildman–Crippen LogP) is 1.72. The van der Waals surface area contributed by atoms with Crippen LogP contribution >= 0.6 is 0 Å². The molecule has 0 aromatic rings. The number of amides is 1. The Hall–Kier alpha value is -0.810. The van der Waals surface area contributed by atoms with Gasteiger partial charge in [0.05, 0.1) is 12.6 Å². The van der Waals surface area contributed by atoms with Gasteiger partial charge in [0, 0.05) is 26.2 Å². The van der Waals surface area contributed by atoms with Gasteiger partial charge in [0.25, 0.3) is 0 Å². The fourth-order valence-electron chi connectivity index (χ4n) is 2.91. The minimum Gasteiger partial charge on any atom is -0.446 e. The number of carbonyl (C=O) groups is 1. The van der Waals surface area contributed by atoms with E-state index in [2.05, 4.69) is 11.9 Å². The highest BCUT2D eigenvalue weighted by atomic mass is 16.6. The number of carbonyl (C=O) groups excluding carboxylic acids is 1. The third-order valence-electron chi connectivity index (χ3n) is 4.60. The monoisotopic (exact) mass is 282 g/mol. The van der Waals surface area contributed by atoms with Crippen molar-refractivity contribution in [1.29, 1.82) is 0 Å². The molecule has 0 radical (unpaired) electrons. The molecule has 0 N–H and O–H groups in total. The Kier molecular flexibility index (Phi) is 4.46. The summed E-state index contributed by atoms with van der Waals surface area (Å²) < 4.78 is 11.5. The Bertz CT molecular complexity index is 338. The Morgan fingerprint density at radius 1 is 1.05 bits per heavy atom. The molecule has 5 heteroatoms. The molecular weight excluding hydrogens is 256 g/mol. The number of likely N-dealkylation sites (tertiary alicyclic amines) is 2. The van der Waals surface area contributed by atoms with Crippen molar-refractivity contribution >= 4 is 6.09 Å². The Balaban J connectivity index is 1.37. The summed E-state index contributed by atoms with van der Waals surface area (Å²) in [7, 11) is 2.11. The fraction of sp³-hybridized carbons (Fsp3) is 0.933. The second-order valence-electron chi connectivity index (χ2n) is 6.52. The van der Waals surface area contributed by atoms with E-state index in [-0.39, 0.29) is 18.3 Å². The van der Waals surface area contributed by atoms with Gasteiger partial charge in [0.2, 0.25) is 0 Å². The van der Waals surface area contributed by atoms with Crippen LogP contribution in [0.4, 0.5) is 4.79 Å². The molecule has 3 aliphatic rings. The molecule has 2 saturated heterocycles. The second-order valence-corrected chi connectivity index (χ2v) is 6.52. The first-order valence-electron chi connectivity index (χ1n) is 7.96. The minimum absolute atomic E-state index is 0.102. The van der Waals surface area contributed by atoms with Crippen LogP contribution in [0.3, 0.4) is 0 Å². The van der Waals surface area contributed by atoms with E-state index in [1.807, 2.05) is 4.90 Å². The zero-order chi connectivity index (χ0) is 13.9. The van der Waals surface area contributed by atoms with Gasteiger partial charge in [-0.3, -0.25) is 0 Å². The van der Waals surface area contributed by atoms with E-state index >= 15 is 0 Å². The summed E-state index contributed by atoms with van der Waals surface area (Å²) in [6.07, 6.45) is 5.68. The van der Waals surface area contributed by atoms with Crippen molar-refractivity contribution in [1.82, 2.24) is 9.80 Å². The number of hydrogen-bond acceptors (Lipinski definition) is 4. The van der Waals surface area contributed by atoms with E-state index in [1.165, 1.54) is 12.8 Å². The van der Waals surface area contributed by atoms with E-state index in [0.717, 1.165) is 51.4 Å². The lowest BCUT2D eigenvalue weighted by Gasteiger charge is -2.29. The van der Waals surface area contributed by atoms with E-state index in [1.54, 1.807) is 0 Å². The SMILES string of the molecule is CN1CCC(OC(=O)N2CC[C@@H](OCC3CC3)C2)CC1. The van der Waals surface area contributed by atoms with Crippen molar-refractivity contribution in [2.24, 2.45) is 5.92 Å². The molecule has 5 nitrogen and oxygen atoms in total. The second kappa shape index (κ2) is 6.31. The van der Waals surface area contributed by atoms with Crippen LogP contribution in [0.25, 0.3) is 0 Å². The molecule has 114 valence electrons. The van der Waals surface area contributed by atoms with Crippen LogP contribution in [-0.2, 0) is 9.47 Å². The predicted molar refractivity (Wildman–Crippen MR) is 75.7 cm³/mol. The van der Waals surface area contributed by atoms with Crippen LogP contribution in [0, 0.1) is 5.92 Å². The van der Waals surface area contributed by atoms with E-state index in [0.29, 0.717) is 6.54 Å². The third-order valence-corrected chi connectivity index (χ3v) is 4.60. The third kappa shape index (κ3) is 3.85. The summed E-state index contributed by atoms with van der Waals surface area (Å²) in [5.41, 5.74) is 0. The summed E-state index contributed by atoms with van der Waals surface area (Å²) in [6.45, 7) is 4.40. The zero-order valence-corrected chi connectivity index (χ0v) is 12.4. The minimum atomic E-state index is -0.142. The molecule has 2 heterocycles. The van der Waals surface area contributed by atoms with Gasteiger partial charge in [-0.05, 0) is 45.1 Å². The van der Waals surface area contributed by atoms with Crippen LogP contribution in [0.15, 0.2) is 0 Å². The van der Waals surface area contributed by atoms with Crippen molar-refractivity contribution in [2.45, 2.75) is 44.3 Å². The molecule has 1 atom stereocenters. The highest BCUT2D eigenvalue weighted by molar-refractivity contribution is 5.68. The van der Waals surface area contributed by atoms with Gasteiger partial charge in [-0.1, -0.05) is 0 Å². The van der Waals surface area contributed by atoms with Gasteiger partial charge < -0.3 is 19.3 Å². The van der Waals surface area contributed by atoms with Crippen LogP contribution in [-0.4, -0.2) is 67.9 Å². The maximum Gasteiger partial charge on any atom is 0.410 e. The smallest absolute Gasteiger partial charge is 0.410 e. The molecule has 2 aliphatic heterocycles. The van der Waals surface area contributed by atoms with Gasteiger partial charge in [0.15, 0.2) is 0 Å². The van der Waals surface area contributed by atoms with E-state index in [4.69, 9.17) is 9.47 Å². The van der Waals surface area contributed by atoms with Crippen LogP contribution in [0.5, 0.6) is 0 Å². The first kappa shape index (κ1) is 14.1.